The van der Waals surface area contributed by atoms with Crippen molar-refractivity contribution >= 4 is 17.7 Å². The van der Waals surface area contributed by atoms with Gasteiger partial charge in [-0.05, 0) is 18.9 Å². The SMILES string of the molecule is CC(=O)OCC(=O)N[C@@H](Cc1ccccc1)C(C)=O. The van der Waals surface area contributed by atoms with Gasteiger partial charge in [-0.2, -0.15) is 0 Å². The van der Waals surface area contributed by atoms with Crippen LogP contribution >= 0.6 is 0 Å². The lowest BCUT2D eigenvalue weighted by Gasteiger charge is -2.15. The van der Waals surface area contributed by atoms with E-state index < -0.39 is 17.9 Å². The molecule has 0 aliphatic heterocycles. The minimum atomic E-state index is -0.606. The first-order valence-electron chi connectivity index (χ1n) is 5.96. The molecule has 0 spiro atoms. The van der Waals surface area contributed by atoms with E-state index in [0.717, 1.165) is 5.56 Å². The molecule has 0 aliphatic rings. The van der Waals surface area contributed by atoms with E-state index in [1.807, 2.05) is 30.3 Å². The summed E-state index contributed by atoms with van der Waals surface area (Å²) in [6, 6.07) is 8.78. The quantitative estimate of drug-likeness (QED) is 0.773. The molecule has 1 aromatic rings. The zero-order valence-electron chi connectivity index (χ0n) is 11.0. The second-order valence-electron chi connectivity index (χ2n) is 4.20. The zero-order valence-corrected chi connectivity index (χ0v) is 11.0. The molecule has 102 valence electrons. The fraction of sp³-hybridized carbons (Fsp3) is 0.357. The molecule has 0 radical (unpaired) electrons. The number of esters is 1. The van der Waals surface area contributed by atoms with Crippen molar-refractivity contribution in [3.8, 4) is 0 Å². The maximum absolute atomic E-state index is 11.5. The van der Waals surface area contributed by atoms with Crippen molar-refractivity contribution in [3.63, 3.8) is 0 Å². The third-order valence-electron chi connectivity index (χ3n) is 2.52. The first-order chi connectivity index (χ1) is 8.99. The number of carbonyl (C=O) groups excluding carboxylic acids is 3. The van der Waals surface area contributed by atoms with Gasteiger partial charge < -0.3 is 10.1 Å². The molecule has 1 aromatic carbocycles. The Morgan fingerprint density at radius 1 is 1.16 bits per heavy atom. The Kier molecular flexibility index (Phi) is 5.73. The van der Waals surface area contributed by atoms with Crippen LogP contribution < -0.4 is 5.32 Å². The summed E-state index contributed by atoms with van der Waals surface area (Å²) in [4.78, 5) is 33.6. The van der Waals surface area contributed by atoms with Crippen molar-refractivity contribution in [1.82, 2.24) is 5.32 Å². The van der Waals surface area contributed by atoms with Gasteiger partial charge in [0.2, 0.25) is 0 Å². The van der Waals surface area contributed by atoms with Crippen LogP contribution in [0.25, 0.3) is 0 Å². The van der Waals surface area contributed by atoms with Crippen LogP contribution in [0.1, 0.15) is 19.4 Å². The van der Waals surface area contributed by atoms with Crippen molar-refractivity contribution in [3.05, 3.63) is 35.9 Å². The van der Waals surface area contributed by atoms with E-state index in [4.69, 9.17) is 0 Å². The molecule has 1 amide bonds. The van der Waals surface area contributed by atoms with Crippen LogP contribution in [0.4, 0.5) is 0 Å². The summed E-state index contributed by atoms with van der Waals surface area (Å²) in [5, 5.41) is 2.55. The van der Waals surface area contributed by atoms with Gasteiger partial charge in [0.15, 0.2) is 12.4 Å². The highest BCUT2D eigenvalue weighted by Gasteiger charge is 2.17. The molecule has 1 atom stereocenters. The number of amides is 1. The van der Waals surface area contributed by atoms with Crippen molar-refractivity contribution < 1.29 is 19.1 Å². The van der Waals surface area contributed by atoms with Crippen molar-refractivity contribution in [2.45, 2.75) is 26.3 Å². The molecule has 0 bridgehead atoms. The van der Waals surface area contributed by atoms with Crippen molar-refractivity contribution in [2.75, 3.05) is 6.61 Å². The predicted octanol–water partition coefficient (Wildman–Crippen LogP) is 0.866. The van der Waals surface area contributed by atoms with Crippen LogP contribution in [0.15, 0.2) is 30.3 Å². The number of carbonyl (C=O) groups is 3. The molecule has 1 N–H and O–H groups in total. The Hall–Kier alpha value is -2.17. The van der Waals surface area contributed by atoms with Crippen LogP contribution in [0.5, 0.6) is 0 Å². The van der Waals surface area contributed by atoms with Gasteiger partial charge in [0, 0.05) is 6.92 Å². The lowest BCUT2D eigenvalue weighted by atomic mass is 10.0. The van der Waals surface area contributed by atoms with E-state index in [0.29, 0.717) is 6.42 Å². The summed E-state index contributed by atoms with van der Waals surface area (Å²) in [6.07, 6.45) is 0.419. The lowest BCUT2D eigenvalue weighted by molar-refractivity contribution is -0.146. The monoisotopic (exact) mass is 263 g/mol. The summed E-state index contributed by atoms with van der Waals surface area (Å²) >= 11 is 0. The van der Waals surface area contributed by atoms with Gasteiger partial charge >= 0.3 is 5.97 Å². The van der Waals surface area contributed by atoms with E-state index in [-0.39, 0.29) is 12.4 Å². The Morgan fingerprint density at radius 3 is 2.32 bits per heavy atom. The molecule has 0 unspecified atom stereocenters. The number of rotatable bonds is 6. The molecule has 1 rings (SSSR count). The first kappa shape index (κ1) is 14.9. The second-order valence-corrected chi connectivity index (χ2v) is 4.20. The first-order valence-corrected chi connectivity index (χ1v) is 5.96. The maximum Gasteiger partial charge on any atom is 0.303 e. The van der Waals surface area contributed by atoms with Crippen LogP contribution in [0.2, 0.25) is 0 Å². The Labute approximate surface area is 111 Å². The highest BCUT2D eigenvalue weighted by Crippen LogP contribution is 2.04. The van der Waals surface area contributed by atoms with Crippen LogP contribution in [0, 0.1) is 0 Å². The smallest absolute Gasteiger partial charge is 0.303 e. The molecule has 0 saturated carbocycles. The number of hydrogen-bond donors (Lipinski definition) is 1. The summed E-state index contributed by atoms with van der Waals surface area (Å²) in [7, 11) is 0. The third-order valence-corrected chi connectivity index (χ3v) is 2.52. The summed E-state index contributed by atoms with van der Waals surface area (Å²) in [5.41, 5.74) is 0.954. The molecule has 0 saturated heterocycles. The van der Waals surface area contributed by atoms with E-state index in [9.17, 15) is 14.4 Å². The molecular weight excluding hydrogens is 246 g/mol. The van der Waals surface area contributed by atoms with E-state index in [1.54, 1.807) is 0 Å². The average molecular weight is 263 g/mol. The minimum Gasteiger partial charge on any atom is -0.456 e. The van der Waals surface area contributed by atoms with E-state index in [2.05, 4.69) is 10.1 Å². The zero-order chi connectivity index (χ0) is 14.3. The number of hydrogen-bond acceptors (Lipinski definition) is 4. The fourth-order valence-corrected chi connectivity index (χ4v) is 1.55. The Morgan fingerprint density at radius 2 is 1.79 bits per heavy atom. The molecule has 5 heteroatoms. The summed E-state index contributed by atoms with van der Waals surface area (Å²) < 4.78 is 4.57. The third kappa shape index (κ3) is 5.81. The molecule has 0 aromatic heterocycles. The normalized spacial score (nSPS) is 11.5. The number of nitrogens with one attached hydrogen (secondary N) is 1. The standard InChI is InChI=1S/C14H17NO4/c1-10(16)13(8-12-6-4-3-5-7-12)15-14(18)9-19-11(2)17/h3-7,13H,8-9H2,1-2H3,(H,15,18)/t13-/m0/s1. The van der Waals surface area contributed by atoms with Gasteiger partial charge in [-0.1, -0.05) is 30.3 Å². The van der Waals surface area contributed by atoms with Crippen molar-refractivity contribution in [2.24, 2.45) is 0 Å². The van der Waals surface area contributed by atoms with Gasteiger partial charge in [-0.3, -0.25) is 14.4 Å². The van der Waals surface area contributed by atoms with Gasteiger partial charge in [-0.25, -0.2) is 0 Å². The number of ether oxygens (including phenoxy) is 1. The van der Waals surface area contributed by atoms with Crippen LogP contribution in [-0.4, -0.2) is 30.3 Å². The van der Waals surface area contributed by atoms with Crippen LogP contribution in [0.3, 0.4) is 0 Å². The minimum absolute atomic E-state index is 0.139. The molecule has 0 fully saturated rings. The van der Waals surface area contributed by atoms with Crippen molar-refractivity contribution in [1.29, 1.82) is 0 Å². The summed E-state index contributed by atoms with van der Waals surface area (Å²) in [6.45, 7) is 2.27. The molecule has 0 heterocycles. The highest BCUT2D eigenvalue weighted by molar-refractivity contribution is 5.88. The number of benzene rings is 1. The topological polar surface area (TPSA) is 72.5 Å². The van der Waals surface area contributed by atoms with E-state index in [1.165, 1.54) is 13.8 Å². The molecule has 5 nitrogen and oxygen atoms in total. The molecule has 0 aliphatic carbocycles. The number of Topliss-reactive ketones (excluding diaryl/α,β-unsaturated/α-hetero) is 1. The average Bonchev–Trinajstić information content (AvgIpc) is 2.36. The fourth-order valence-electron chi connectivity index (χ4n) is 1.55. The largest absolute Gasteiger partial charge is 0.456 e. The van der Waals surface area contributed by atoms with Gasteiger partial charge in [0.05, 0.1) is 6.04 Å². The van der Waals surface area contributed by atoms with Gasteiger partial charge in [0.1, 0.15) is 0 Å². The summed E-state index contributed by atoms with van der Waals surface area (Å²) in [5.74, 6) is -1.15. The highest BCUT2D eigenvalue weighted by atomic mass is 16.5. The maximum atomic E-state index is 11.5. The Bertz CT molecular complexity index is 456. The second kappa shape index (κ2) is 7.31. The molecular formula is C14H17NO4. The Balaban J connectivity index is 2.56. The van der Waals surface area contributed by atoms with Gasteiger partial charge in [0.25, 0.3) is 5.91 Å². The predicted molar refractivity (Wildman–Crippen MR) is 69.4 cm³/mol. The number of ketones is 1. The lowest BCUT2D eigenvalue weighted by Crippen LogP contribution is -2.43. The van der Waals surface area contributed by atoms with Gasteiger partial charge in [-0.15, -0.1) is 0 Å². The molecule has 19 heavy (non-hydrogen) atoms. The van der Waals surface area contributed by atoms with E-state index >= 15 is 0 Å². The van der Waals surface area contributed by atoms with Crippen LogP contribution in [-0.2, 0) is 25.5 Å².